The van der Waals surface area contributed by atoms with E-state index in [1.807, 2.05) is 0 Å². The van der Waals surface area contributed by atoms with Crippen LogP contribution in [0.15, 0.2) is 12.7 Å². The minimum Gasteiger partial charge on any atom is -0.258 e. The van der Waals surface area contributed by atoms with Crippen molar-refractivity contribution in [2.75, 3.05) is 6.61 Å². The lowest BCUT2D eigenvalue weighted by molar-refractivity contribution is -0.0151. The minimum atomic E-state index is -3.78. The lowest BCUT2D eigenvalue weighted by Gasteiger charge is -2.54. The monoisotopic (exact) mass is 259 g/mol. The molecule has 2 N–H and O–H groups in total. The maximum absolute atomic E-state index is 10.7. The van der Waals surface area contributed by atoms with Crippen LogP contribution < -0.4 is 5.14 Å². The van der Waals surface area contributed by atoms with Gasteiger partial charge in [0.15, 0.2) is 0 Å². The second kappa shape index (κ2) is 4.37. The van der Waals surface area contributed by atoms with Crippen LogP contribution >= 0.6 is 0 Å². The molecule has 4 nitrogen and oxygen atoms in total. The van der Waals surface area contributed by atoms with Gasteiger partial charge < -0.3 is 0 Å². The highest BCUT2D eigenvalue weighted by atomic mass is 32.2. The van der Waals surface area contributed by atoms with Gasteiger partial charge in [0.05, 0.1) is 6.61 Å². The number of rotatable bonds is 5. The highest BCUT2D eigenvalue weighted by Crippen LogP contribution is 2.63. The maximum atomic E-state index is 10.7. The van der Waals surface area contributed by atoms with Crippen LogP contribution in [0.4, 0.5) is 0 Å². The molecule has 3 aliphatic rings. The fraction of sp³-hybridized carbons (Fsp3) is 0.833. The molecule has 3 saturated carbocycles. The summed E-state index contributed by atoms with van der Waals surface area (Å²) in [5, 5.41) is 4.82. The Morgan fingerprint density at radius 2 is 1.94 bits per heavy atom. The van der Waals surface area contributed by atoms with Crippen LogP contribution in [0, 0.1) is 10.8 Å². The molecular formula is C12H21NO3S. The normalized spacial score (nSPS) is 37.0. The minimum absolute atomic E-state index is 0.214. The van der Waals surface area contributed by atoms with Gasteiger partial charge in [0, 0.05) is 0 Å². The predicted octanol–water partition coefficient (Wildman–Crippen LogP) is 2.12. The first-order valence-electron chi connectivity index (χ1n) is 6.20. The van der Waals surface area contributed by atoms with Gasteiger partial charge in [-0.15, -0.1) is 6.58 Å². The summed E-state index contributed by atoms with van der Waals surface area (Å²) in [6.45, 7) is 4.15. The van der Waals surface area contributed by atoms with Crippen LogP contribution in [0.5, 0.6) is 0 Å². The summed E-state index contributed by atoms with van der Waals surface area (Å²) in [6.07, 6.45) is 10.0. The van der Waals surface area contributed by atoms with Gasteiger partial charge in [0.1, 0.15) is 0 Å². The van der Waals surface area contributed by atoms with E-state index in [1.54, 1.807) is 0 Å². The fourth-order valence-electron chi connectivity index (χ4n) is 3.70. The molecule has 0 aromatic rings. The average Bonchev–Trinajstić information content (AvgIpc) is 2.45. The first-order chi connectivity index (χ1) is 7.89. The molecule has 0 unspecified atom stereocenters. The number of nitrogens with two attached hydrogens (primary N) is 1. The third-order valence-electron chi connectivity index (χ3n) is 4.40. The summed E-state index contributed by atoms with van der Waals surface area (Å²) in [4.78, 5) is 0. The summed E-state index contributed by atoms with van der Waals surface area (Å²) in [7, 11) is -3.78. The molecule has 0 aromatic carbocycles. The Labute approximate surface area is 103 Å². The number of hydrogen-bond acceptors (Lipinski definition) is 3. The standard InChI is InChI=1S/C12H21NO3S/c1-2-11-5-3-4-6-12(9-11,10-11)7-8-16-17(13,14)15/h2H,1,3-10H2,(H2,13,14,15). The molecule has 0 aliphatic heterocycles. The molecule has 0 aromatic heterocycles. The second-order valence-electron chi connectivity index (χ2n) is 5.69. The van der Waals surface area contributed by atoms with Crippen molar-refractivity contribution in [1.82, 2.24) is 0 Å². The zero-order valence-electron chi connectivity index (χ0n) is 10.2. The number of fused-ring (bicyclic) bond motifs is 3. The van der Waals surface area contributed by atoms with Crippen LogP contribution in [0.3, 0.4) is 0 Å². The van der Waals surface area contributed by atoms with Crippen LogP contribution in [-0.4, -0.2) is 15.0 Å². The van der Waals surface area contributed by atoms with Gasteiger partial charge in [0.25, 0.3) is 0 Å². The summed E-state index contributed by atoms with van der Waals surface area (Å²) < 4.78 is 26.1. The van der Waals surface area contributed by atoms with E-state index < -0.39 is 10.3 Å². The highest BCUT2D eigenvalue weighted by Gasteiger charge is 2.53. The predicted molar refractivity (Wildman–Crippen MR) is 66.4 cm³/mol. The van der Waals surface area contributed by atoms with Crippen molar-refractivity contribution >= 4 is 10.3 Å². The van der Waals surface area contributed by atoms with Gasteiger partial charge in [-0.3, -0.25) is 4.18 Å². The van der Waals surface area contributed by atoms with Crippen molar-refractivity contribution in [2.45, 2.75) is 44.9 Å². The summed E-state index contributed by atoms with van der Waals surface area (Å²) in [6, 6.07) is 0. The second-order valence-corrected chi connectivity index (χ2v) is 6.91. The average molecular weight is 259 g/mol. The van der Waals surface area contributed by atoms with Gasteiger partial charge in [-0.1, -0.05) is 18.9 Å². The molecule has 0 heterocycles. The molecule has 98 valence electrons. The molecular weight excluding hydrogens is 238 g/mol. The van der Waals surface area contributed by atoms with Gasteiger partial charge in [-0.25, -0.2) is 5.14 Å². The Morgan fingerprint density at radius 1 is 1.29 bits per heavy atom. The van der Waals surface area contributed by atoms with Gasteiger partial charge in [-0.2, -0.15) is 8.42 Å². The zero-order valence-corrected chi connectivity index (χ0v) is 11.0. The van der Waals surface area contributed by atoms with Crippen molar-refractivity contribution in [3.63, 3.8) is 0 Å². The maximum Gasteiger partial charge on any atom is 0.333 e. The lowest BCUT2D eigenvalue weighted by atomic mass is 9.51. The lowest BCUT2D eigenvalue weighted by Crippen LogP contribution is -2.44. The Bertz CT molecular complexity index is 396. The molecule has 17 heavy (non-hydrogen) atoms. The van der Waals surface area contributed by atoms with Gasteiger partial charge >= 0.3 is 10.3 Å². The smallest absolute Gasteiger partial charge is 0.258 e. The van der Waals surface area contributed by atoms with Crippen LogP contribution in [-0.2, 0) is 14.5 Å². The van der Waals surface area contributed by atoms with E-state index in [1.165, 1.54) is 25.7 Å². The molecule has 3 fully saturated rings. The van der Waals surface area contributed by atoms with Crippen molar-refractivity contribution in [3.05, 3.63) is 12.7 Å². The van der Waals surface area contributed by atoms with Gasteiger partial charge in [-0.05, 0) is 42.9 Å². The Kier molecular flexibility index (Phi) is 3.36. The summed E-state index contributed by atoms with van der Waals surface area (Å²) in [5.74, 6) is 0. The summed E-state index contributed by atoms with van der Waals surface area (Å²) >= 11 is 0. The topological polar surface area (TPSA) is 69.4 Å². The molecule has 0 saturated heterocycles. The van der Waals surface area contributed by atoms with Crippen LogP contribution in [0.2, 0.25) is 0 Å². The first-order valence-corrected chi connectivity index (χ1v) is 7.67. The van der Waals surface area contributed by atoms with E-state index in [9.17, 15) is 8.42 Å². The number of allylic oxidation sites excluding steroid dienone is 1. The molecule has 0 radical (unpaired) electrons. The van der Waals surface area contributed by atoms with E-state index in [0.717, 1.165) is 19.3 Å². The van der Waals surface area contributed by atoms with Gasteiger partial charge in [0.2, 0.25) is 0 Å². The van der Waals surface area contributed by atoms with E-state index >= 15 is 0 Å². The quantitative estimate of drug-likeness (QED) is 0.769. The fourth-order valence-corrected chi connectivity index (χ4v) is 4.01. The Balaban J connectivity index is 1.91. The van der Waals surface area contributed by atoms with E-state index in [-0.39, 0.29) is 12.0 Å². The molecule has 0 spiro atoms. The largest absolute Gasteiger partial charge is 0.333 e. The van der Waals surface area contributed by atoms with Crippen molar-refractivity contribution in [1.29, 1.82) is 0 Å². The molecule has 3 rings (SSSR count). The third-order valence-corrected chi connectivity index (χ3v) is 4.89. The van der Waals surface area contributed by atoms with E-state index in [0.29, 0.717) is 5.41 Å². The third kappa shape index (κ3) is 2.89. The van der Waals surface area contributed by atoms with E-state index in [2.05, 4.69) is 16.8 Å². The summed E-state index contributed by atoms with van der Waals surface area (Å²) in [5.41, 5.74) is 0.591. The molecule has 0 atom stereocenters. The first kappa shape index (κ1) is 13.1. The Hall–Kier alpha value is -0.390. The zero-order chi connectivity index (χ0) is 12.6. The molecule has 3 aliphatic carbocycles. The molecule has 5 heteroatoms. The number of hydrogen-bond donors (Lipinski definition) is 1. The highest BCUT2D eigenvalue weighted by molar-refractivity contribution is 7.84. The van der Waals surface area contributed by atoms with Crippen LogP contribution in [0.1, 0.15) is 44.9 Å². The van der Waals surface area contributed by atoms with E-state index in [4.69, 9.17) is 5.14 Å². The van der Waals surface area contributed by atoms with Crippen molar-refractivity contribution < 1.29 is 12.6 Å². The SMILES string of the molecule is C=CC12CCCCC(CCOS(N)(=O)=O)(C1)C2. The Morgan fingerprint density at radius 3 is 2.53 bits per heavy atom. The molecule has 2 bridgehead atoms. The van der Waals surface area contributed by atoms with Crippen molar-refractivity contribution in [2.24, 2.45) is 16.0 Å². The molecule has 0 amide bonds. The van der Waals surface area contributed by atoms with Crippen molar-refractivity contribution in [3.8, 4) is 0 Å². The van der Waals surface area contributed by atoms with Crippen LogP contribution in [0.25, 0.3) is 0 Å².